The van der Waals surface area contributed by atoms with E-state index in [-0.39, 0.29) is 5.75 Å². The number of rotatable bonds is 7. The number of likely N-dealkylation sites (tertiary alicyclic amines) is 1. The molecule has 0 amide bonds. The topological polar surface area (TPSA) is 79.0 Å². The molecule has 1 saturated heterocycles. The van der Waals surface area contributed by atoms with Crippen molar-refractivity contribution >= 4 is 55.8 Å². The van der Waals surface area contributed by atoms with Crippen LogP contribution in [0.15, 0.2) is 73.1 Å². The second kappa shape index (κ2) is 12.7. The molecule has 6 aromatic rings. The third kappa shape index (κ3) is 6.66. The first-order valence-electron chi connectivity index (χ1n) is 15.3. The maximum atomic E-state index is 15.2. The van der Waals surface area contributed by atoms with Gasteiger partial charge in [0.1, 0.15) is 5.75 Å². The predicted octanol–water partition coefficient (Wildman–Crippen LogP) is 9.47. The van der Waals surface area contributed by atoms with Crippen LogP contribution < -0.4 is 10.1 Å². The zero-order chi connectivity index (χ0) is 30.9. The van der Waals surface area contributed by atoms with E-state index in [1.54, 1.807) is 47.9 Å². The van der Waals surface area contributed by atoms with Gasteiger partial charge >= 0.3 is 0 Å². The Balaban J connectivity index is 1.05. The van der Waals surface area contributed by atoms with E-state index in [1.807, 2.05) is 18.3 Å². The number of hydrogen-bond donors (Lipinski definition) is 2. The summed E-state index contributed by atoms with van der Waals surface area (Å²) >= 11 is 7.62. The van der Waals surface area contributed by atoms with Crippen LogP contribution in [0.1, 0.15) is 31.7 Å². The third-order valence-corrected chi connectivity index (χ3v) is 10.1. The summed E-state index contributed by atoms with van der Waals surface area (Å²) in [6.07, 6.45) is 8.52. The molecule has 45 heavy (non-hydrogen) atoms. The fourth-order valence-electron chi connectivity index (χ4n) is 6.06. The summed E-state index contributed by atoms with van der Waals surface area (Å²) in [4.78, 5) is 20.4. The largest absolute Gasteiger partial charge is 0.453 e. The molecular weight excluding hydrogens is 607 g/mol. The average Bonchev–Trinajstić information content (AvgIpc) is 3.64. The van der Waals surface area contributed by atoms with Crippen molar-refractivity contribution in [3.8, 4) is 22.1 Å². The number of aromatic amines is 1. The van der Waals surface area contributed by atoms with Crippen molar-refractivity contribution < 1.29 is 9.13 Å². The van der Waals surface area contributed by atoms with E-state index in [9.17, 15) is 0 Å². The number of nitrogens with zero attached hydrogens (tertiary/aromatic N) is 4. The summed E-state index contributed by atoms with van der Waals surface area (Å²) in [5, 5.41) is 3.72. The summed E-state index contributed by atoms with van der Waals surface area (Å²) in [5.74, 6) is 2.06. The number of benzene rings is 2. The molecule has 0 saturated carbocycles. The quantitative estimate of drug-likeness (QED) is 0.181. The fourth-order valence-corrected chi connectivity index (χ4v) is 7.27. The highest BCUT2D eigenvalue weighted by molar-refractivity contribution is 7.22. The zero-order valence-electron chi connectivity index (χ0n) is 25.2. The smallest absolute Gasteiger partial charge is 0.205 e. The summed E-state index contributed by atoms with van der Waals surface area (Å²) < 4.78 is 22.1. The molecule has 0 spiro atoms. The molecule has 230 valence electrons. The van der Waals surface area contributed by atoms with Gasteiger partial charge in [0.15, 0.2) is 11.6 Å². The lowest BCUT2D eigenvalue weighted by atomic mass is 9.82. The number of pyridine rings is 2. The first-order valence-corrected chi connectivity index (χ1v) is 16.5. The van der Waals surface area contributed by atoms with Crippen LogP contribution in [0.3, 0.4) is 0 Å². The average molecular weight is 641 g/mol. The minimum Gasteiger partial charge on any atom is -0.453 e. The maximum absolute atomic E-state index is 15.2. The molecule has 4 aromatic heterocycles. The fraction of sp³-hybridized carbons (Fsp3) is 0.286. The Morgan fingerprint density at radius 3 is 2.78 bits per heavy atom. The van der Waals surface area contributed by atoms with Crippen LogP contribution in [0.5, 0.6) is 11.5 Å². The van der Waals surface area contributed by atoms with Gasteiger partial charge in [-0.1, -0.05) is 24.6 Å². The van der Waals surface area contributed by atoms with Gasteiger partial charge < -0.3 is 19.9 Å². The minimum atomic E-state index is -0.496. The Hall–Kier alpha value is -4.05. The molecule has 0 bridgehead atoms. The number of nitrogens with one attached hydrogen (secondary N) is 2. The van der Waals surface area contributed by atoms with Crippen molar-refractivity contribution in [2.75, 3.05) is 25.5 Å². The second-order valence-electron chi connectivity index (χ2n) is 12.0. The van der Waals surface area contributed by atoms with Gasteiger partial charge in [-0.3, -0.25) is 9.97 Å². The molecular formula is C35H34ClFN6OS. The van der Waals surface area contributed by atoms with Crippen LogP contribution in [0.4, 0.5) is 16.0 Å². The number of fused-ring (bicyclic) bond motifs is 2. The number of hydrogen-bond acceptors (Lipinski definition) is 7. The Labute approximate surface area is 270 Å². The number of halogens is 2. The molecule has 7 rings (SSSR count). The molecule has 7 nitrogen and oxygen atoms in total. The van der Waals surface area contributed by atoms with Crippen LogP contribution in [-0.2, 0) is 6.42 Å². The van der Waals surface area contributed by atoms with Gasteiger partial charge in [-0.25, -0.2) is 9.37 Å². The number of H-pyrrole nitrogens is 1. The first kappa shape index (κ1) is 29.6. The summed E-state index contributed by atoms with van der Waals surface area (Å²) in [6, 6.07) is 18.2. The molecule has 0 radical (unpaired) electrons. The second-order valence-corrected chi connectivity index (χ2v) is 13.5. The van der Waals surface area contributed by atoms with Gasteiger partial charge in [0.25, 0.3) is 0 Å². The van der Waals surface area contributed by atoms with E-state index in [2.05, 4.69) is 51.3 Å². The Morgan fingerprint density at radius 2 is 1.93 bits per heavy atom. The summed E-state index contributed by atoms with van der Waals surface area (Å²) in [5.41, 5.74) is 5.06. The van der Waals surface area contributed by atoms with Crippen LogP contribution in [0, 0.1) is 17.7 Å². The van der Waals surface area contributed by atoms with Crippen LogP contribution in [-0.4, -0.2) is 45.0 Å². The number of imidazole rings is 1. The van der Waals surface area contributed by atoms with E-state index >= 15 is 4.39 Å². The van der Waals surface area contributed by atoms with E-state index in [1.165, 1.54) is 44.0 Å². The molecule has 1 fully saturated rings. The molecule has 10 heteroatoms. The monoisotopic (exact) mass is 640 g/mol. The molecule has 2 N–H and O–H groups in total. The molecule has 2 aromatic carbocycles. The molecule has 0 aliphatic carbocycles. The summed E-state index contributed by atoms with van der Waals surface area (Å²) in [7, 11) is 2.23. The van der Waals surface area contributed by atoms with E-state index < -0.39 is 5.82 Å². The predicted molar refractivity (Wildman–Crippen MR) is 181 cm³/mol. The lowest BCUT2D eigenvalue weighted by molar-refractivity contribution is 0.211. The van der Waals surface area contributed by atoms with E-state index in [4.69, 9.17) is 21.3 Å². The van der Waals surface area contributed by atoms with Gasteiger partial charge in [0.05, 0.1) is 31.8 Å². The lowest BCUT2D eigenvalue weighted by Gasteiger charge is -2.30. The number of aromatic nitrogens is 4. The number of ether oxygens (including phenoxy) is 1. The van der Waals surface area contributed by atoms with Crippen molar-refractivity contribution in [1.82, 2.24) is 24.8 Å². The van der Waals surface area contributed by atoms with E-state index in [0.29, 0.717) is 34.2 Å². The standard InChI is InChI=1S/C35H34ClFN6OS/c1-21-12-15-43(2)14-3-4-23(21)16-22-5-8-28(39-20-22)33-19-30-34(45-33)32(11-13-38-30)44-31-10-7-25(18-26(31)37)40-35-41-27-9-6-24(36)17-29(27)42-35/h5-11,13,17-21,23H,3-4,12,14-16H2,1-2H3,(H2,40,41,42). The minimum absolute atomic E-state index is 0.122. The Kier molecular flexibility index (Phi) is 8.40. The number of thiophene rings is 1. The third-order valence-electron chi connectivity index (χ3n) is 8.69. The highest BCUT2D eigenvalue weighted by Gasteiger charge is 2.21. The molecule has 1 aliphatic heterocycles. The van der Waals surface area contributed by atoms with Gasteiger partial charge in [-0.05, 0) is 106 Å². The van der Waals surface area contributed by atoms with E-state index in [0.717, 1.165) is 38.2 Å². The van der Waals surface area contributed by atoms with Crippen molar-refractivity contribution in [3.05, 3.63) is 89.5 Å². The van der Waals surface area contributed by atoms with Gasteiger partial charge in [-0.2, -0.15) is 0 Å². The van der Waals surface area contributed by atoms with Crippen LogP contribution in [0.2, 0.25) is 5.02 Å². The zero-order valence-corrected chi connectivity index (χ0v) is 26.8. The van der Waals surface area contributed by atoms with Crippen LogP contribution in [0.25, 0.3) is 31.8 Å². The van der Waals surface area contributed by atoms with Gasteiger partial charge in [0, 0.05) is 35.2 Å². The highest BCUT2D eigenvalue weighted by Crippen LogP contribution is 2.39. The van der Waals surface area contributed by atoms with Crippen molar-refractivity contribution in [2.24, 2.45) is 11.8 Å². The Bertz CT molecular complexity index is 1960. The van der Waals surface area contributed by atoms with Crippen LogP contribution >= 0.6 is 22.9 Å². The maximum Gasteiger partial charge on any atom is 0.205 e. The SMILES string of the molecule is CC1CCN(C)CCCC1Cc1ccc(-c2cc3nccc(Oc4ccc(Nc5nc6ccc(Cl)cc6[nH]5)cc4F)c3s2)nc1. The summed E-state index contributed by atoms with van der Waals surface area (Å²) in [6.45, 7) is 4.75. The highest BCUT2D eigenvalue weighted by atomic mass is 35.5. The van der Waals surface area contributed by atoms with Gasteiger partial charge in [0.2, 0.25) is 5.95 Å². The van der Waals surface area contributed by atoms with Gasteiger partial charge in [-0.15, -0.1) is 11.3 Å². The lowest BCUT2D eigenvalue weighted by Crippen LogP contribution is -2.29. The molecule has 2 unspecified atom stereocenters. The normalized spacial score (nSPS) is 17.8. The molecule has 1 aliphatic rings. The first-order chi connectivity index (χ1) is 21.9. The van der Waals surface area contributed by atoms with Crippen molar-refractivity contribution in [2.45, 2.75) is 32.6 Å². The number of anilines is 2. The van der Waals surface area contributed by atoms with Crippen molar-refractivity contribution in [3.63, 3.8) is 0 Å². The Morgan fingerprint density at radius 1 is 1.02 bits per heavy atom. The molecule has 5 heterocycles. The molecule has 2 atom stereocenters. The van der Waals surface area contributed by atoms with Crippen molar-refractivity contribution in [1.29, 1.82) is 0 Å².